The van der Waals surface area contributed by atoms with Crippen LogP contribution in [0.15, 0.2) is 0 Å². The van der Waals surface area contributed by atoms with Gasteiger partial charge in [0.1, 0.15) is 0 Å². The van der Waals surface area contributed by atoms with Gasteiger partial charge in [0.25, 0.3) is 24.6 Å². The summed E-state index contributed by atoms with van der Waals surface area (Å²) in [6, 6.07) is 0. The average Bonchev–Trinajstić information content (AvgIpc) is 2.56. The van der Waals surface area contributed by atoms with Gasteiger partial charge < -0.3 is 134 Å². The van der Waals surface area contributed by atoms with Gasteiger partial charge in [-0.15, -0.1) is 0 Å². The molecule has 248 valence electrons. The fourth-order valence-electron chi connectivity index (χ4n) is 0.314. The minimum Gasteiger partial charge on any atom is -0.652 e. The van der Waals surface area contributed by atoms with Crippen LogP contribution in [0.25, 0.3) is 0 Å². The zero-order valence-corrected chi connectivity index (χ0v) is 48.7. The Hall–Kier alpha value is -0.165. The van der Waals surface area contributed by atoms with E-state index >= 15 is 0 Å². The van der Waals surface area contributed by atoms with E-state index in [1.807, 2.05) is 0 Å². The van der Waals surface area contributed by atoms with Gasteiger partial charge in [-0.3, -0.25) is 0 Å². The first-order valence-corrected chi connectivity index (χ1v) is 6.74. The van der Waals surface area contributed by atoms with E-state index in [-0.39, 0.29) is 210 Å². The van der Waals surface area contributed by atoms with Crippen LogP contribution >= 0.6 is 0 Å². The predicted octanol–water partition coefficient (Wildman–Crippen LogP) is -19.6. The minimum atomic E-state index is -2.33. The van der Waals surface area contributed by atoms with Gasteiger partial charge >= 0.3 is 222 Å². The van der Waals surface area contributed by atoms with E-state index in [1.54, 1.807) is 0 Å². The molecule has 0 fully saturated rings. The third-order valence-corrected chi connectivity index (χ3v) is 0.667. The Morgan fingerprint density at radius 1 is 0.229 bits per heavy atom. The average molecular weight is 2270 g/mol. The number of carboxylic acid groups (broad SMARTS) is 14. The topological polar surface area (TPSA) is 548 Å². The van der Waals surface area contributed by atoms with Crippen molar-refractivity contribution in [2.75, 3.05) is 0 Å². The number of rotatable bonds is 0. The van der Waals surface area contributed by atoms with Crippen LogP contribution < -0.4 is 71.5 Å². The van der Waals surface area contributed by atoms with Gasteiger partial charge in [0.15, 0.2) is 0 Å². The van der Waals surface area contributed by atoms with Gasteiger partial charge in [-0.1, -0.05) is 0 Å². The fourth-order valence-corrected chi connectivity index (χ4v) is 0.314. The van der Waals surface area contributed by atoms with E-state index in [2.05, 4.69) is 18.9 Å². The van der Waals surface area contributed by atoms with Crippen molar-refractivity contribution >= 4 is 277 Å². The molecule has 0 bridgehead atoms. The molecule has 0 aliphatic heterocycles. The van der Waals surface area contributed by atoms with Crippen LogP contribution in [0.4, 0.5) is 52.7 Å². The molecular weight excluding hydrogens is 2270 g/mol. The second kappa shape index (κ2) is 72.5. The molecule has 16 radical (unpaired) electrons. The summed E-state index contributed by atoms with van der Waals surface area (Å²) in [5.74, 6) is 0. The van der Waals surface area contributed by atoms with Crippen molar-refractivity contribution in [3.05, 3.63) is 0 Å². The Bertz CT molecular complexity index is 714. The zero-order chi connectivity index (χ0) is 34.2. The van der Waals surface area contributed by atoms with Crippen molar-refractivity contribution < 1.29 is 143 Å². The first-order chi connectivity index (χ1) is 17.7. The van der Waals surface area contributed by atoms with Crippen LogP contribution in [0, 0.1) is 0 Å². The standard InChI is InChI=1S/2C3H2O7.5CH2O3.8Bi/c2*4-1(5)9-3(8)10-2(6)7;5*2-1(3)4;;;;;;;;/h2*(H,4,5)(H,6,7);5*(H2,2,3,4);;;;;;;;/q;;;;;;;8*+3/p-14. The number of ether oxygens (including phenoxy) is 4. The normalized spacial score (nSPS) is 5.83. The van der Waals surface area contributed by atoms with Gasteiger partial charge in [0, 0.05) is 0 Å². The zero-order valence-electron chi connectivity index (χ0n) is 20.9. The van der Waals surface area contributed by atoms with Crippen molar-refractivity contribution in [3.8, 4) is 0 Å². The fraction of sp³-hybridized carbons (Fsp3) is 0. The quantitative estimate of drug-likeness (QED) is 0.123. The molecule has 0 aromatic rings. The number of carbonyl (C=O) groups excluding carboxylic acids is 11. The molecule has 0 aromatic heterocycles. The summed E-state index contributed by atoms with van der Waals surface area (Å²) in [6.07, 6.45) is -24.3. The van der Waals surface area contributed by atoms with Crippen LogP contribution in [-0.2, 0) is 18.9 Å². The largest absolute Gasteiger partial charge is 3.00 e. The summed E-state index contributed by atoms with van der Waals surface area (Å²) in [4.78, 5) is 98.6. The predicted molar refractivity (Wildman–Crippen MR) is 110 cm³/mol. The van der Waals surface area contributed by atoms with Crippen molar-refractivity contribution in [2.24, 2.45) is 0 Å². The van der Waals surface area contributed by atoms with Gasteiger partial charge in [0.05, 0.1) is 0 Å². The Morgan fingerprint density at radius 3 is 0.333 bits per heavy atom. The van der Waals surface area contributed by atoms with E-state index in [1.165, 1.54) is 0 Å². The number of hydrogen-bond donors (Lipinski definition) is 0. The van der Waals surface area contributed by atoms with Crippen molar-refractivity contribution in [2.45, 2.75) is 0 Å². The van der Waals surface area contributed by atoms with Crippen LogP contribution in [0.2, 0.25) is 0 Å². The maximum absolute atomic E-state index is 9.78. The Kier molecular flexibility index (Phi) is 147. The van der Waals surface area contributed by atoms with Gasteiger partial charge in [-0.25, -0.2) is 9.59 Å². The molecule has 0 N–H and O–H groups in total. The van der Waals surface area contributed by atoms with Gasteiger partial charge in [0.2, 0.25) is 0 Å². The first-order valence-electron chi connectivity index (χ1n) is 6.74. The summed E-state index contributed by atoms with van der Waals surface area (Å²) >= 11 is 0. The molecule has 29 nitrogen and oxygen atoms in total. The molecule has 0 heterocycles. The summed E-state index contributed by atoms with van der Waals surface area (Å²) in [6.45, 7) is 0. The van der Waals surface area contributed by atoms with Crippen molar-refractivity contribution in [1.29, 1.82) is 0 Å². The Morgan fingerprint density at radius 2 is 0.292 bits per heavy atom. The van der Waals surface area contributed by atoms with Crippen LogP contribution in [0.1, 0.15) is 0 Å². The van der Waals surface area contributed by atoms with Crippen molar-refractivity contribution in [3.63, 3.8) is 0 Å². The molecule has 0 atom stereocenters. The SMILES string of the molecule is O=C([O-])OC(=O)OC(=O)[O-].O=C([O-])OC(=O)OC(=O)[O-].O=C([O-])[O-].O=C([O-])[O-].O=C([O-])[O-].O=C([O-])[O-].O=C([O-])[O-].[Bi+3].[Bi+3].[Bi+3].[Bi+3].[Bi+3].[Bi+3].[Bi+3].[Bi+3]. The number of hydrogen-bond acceptors (Lipinski definition) is 29. The molecular formula is C11Bi8O29+10. The molecule has 48 heavy (non-hydrogen) atoms. The summed E-state index contributed by atoms with van der Waals surface area (Å²) in [5.41, 5.74) is 0. The molecule has 0 spiro atoms. The molecule has 37 heteroatoms. The summed E-state index contributed by atoms with van der Waals surface area (Å²) in [7, 11) is 0. The van der Waals surface area contributed by atoms with Crippen LogP contribution in [-0.4, -0.2) is 277 Å². The van der Waals surface area contributed by atoms with E-state index in [0.29, 0.717) is 0 Å². The molecule has 0 aliphatic rings. The van der Waals surface area contributed by atoms with Crippen molar-refractivity contribution in [1.82, 2.24) is 0 Å². The van der Waals surface area contributed by atoms with Gasteiger partial charge in [-0.2, -0.15) is 0 Å². The van der Waals surface area contributed by atoms with Crippen LogP contribution in [0.5, 0.6) is 0 Å². The monoisotopic (exact) mass is 2270 g/mol. The van der Waals surface area contributed by atoms with Crippen LogP contribution in [0.3, 0.4) is 0 Å². The van der Waals surface area contributed by atoms with Gasteiger partial charge in [-0.05, 0) is 30.8 Å². The third kappa shape index (κ3) is 367. The smallest absolute Gasteiger partial charge is 0.652 e. The molecule has 0 unspecified atom stereocenters. The first kappa shape index (κ1) is 97.3. The summed E-state index contributed by atoms with van der Waals surface area (Å²) < 4.78 is 12.3. The third-order valence-electron chi connectivity index (χ3n) is 0.667. The molecule has 0 amide bonds. The molecule has 0 aliphatic carbocycles. The van der Waals surface area contributed by atoms with E-state index in [4.69, 9.17) is 75.0 Å². The second-order valence-corrected chi connectivity index (χ2v) is 3.16. The molecule has 0 saturated heterocycles. The van der Waals surface area contributed by atoms with E-state index in [0.717, 1.165) is 0 Å². The molecule has 0 rings (SSSR count). The second-order valence-electron chi connectivity index (χ2n) is 3.16. The minimum absolute atomic E-state index is 0. The Labute approximate surface area is 414 Å². The number of carbonyl (C=O) groups is 11. The molecule has 0 saturated carbocycles. The summed E-state index contributed by atoms with van der Waals surface area (Å²) in [5, 5.41) is 121. The molecule has 0 aromatic carbocycles. The Balaban J connectivity index is -0.0000000207. The van der Waals surface area contributed by atoms with E-state index in [9.17, 15) is 49.2 Å². The maximum Gasteiger partial charge on any atom is 3.00 e. The van der Waals surface area contributed by atoms with E-state index < -0.39 is 67.7 Å². The maximum atomic E-state index is 9.78.